The van der Waals surface area contributed by atoms with Crippen molar-refractivity contribution >= 4 is 56.2 Å². The van der Waals surface area contributed by atoms with Crippen molar-refractivity contribution in [2.24, 2.45) is 0 Å². The lowest BCUT2D eigenvalue weighted by atomic mass is 10.0. The van der Waals surface area contributed by atoms with Crippen molar-refractivity contribution in [1.29, 1.82) is 0 Å². The van der Waals surface area contributed by atoms with Crippen LogP contribution < -0.4 is 10.6 Å². The first-order valence-corrected chi connectivity index (χ1v) is 12.0. The molecule has 160 valence electrons. The maximum absolute atomic E-state index is 12.7. The van der Waals surface area contributed by atoms with Gasteiger partial charge in [-0.25, -0.2) is 0 Å². The molecule has 2 atom stereocenters. The number of nitrogens with zero attached hydrogens (tertiary/aromatic N) is 2. The molecule has 0 aliphatic carbocycles. The van der Waals surface area contributed by atoms with Gasteiger partial charge in [-0.05, 0) is 83.5 Å². The van der Waals surface area contributed by atoms with Gasteiger partial charge in [-0.1, -0.05) is 18.2 Å². The molecule has 0 spiro atoms. The van der Waals surface area contributed by atoms with E-state index in [2.05, 4.69) is 42.5 Å². The predicted octanol–water partition coefficient (Wildman–Crippen LogP) is 5.52. The number of halogens is 1. The molecule has 1 aliphatic heterocycles. The minimum Gasteiger partial charge on any atom is -0.352 e. The number of benzene rings is 1. The van der Waals surface area contributed by atoms with Gasteiger partial charge in [0.1, 0.15) is 0 Å². The Hall–Kier alpha value is -2.29. The lowest BCUT2D eigenvalue weighted by Gasteiger charge is -2.26. The van der Waals surface area contributed by atoms with Gasteiger partial charge in [0.05, 0.1) is 21.6 Å². The van der Waals surface area contributed by atoms with Crippen LogP contribution in [0.25, 0.3) is 0 Å². The van der Waals surface area contributed by atoms with Crippen molar-refractivity contribution in [3.63, 3.8) is 0 Å². The van der Waals surface area contributed by atoms with Crippen molar-refractivity contribution in [2.45, 2.75) is 32.4 Å². The third-order valence-corrected chi connectivity index (χ3v) is 7.38. The molecule has 5 nitrogen and oxygen atoms in total. The summed E-state index contributed by atoms with van der Waals surface area (Å²) in [6.07, 6.45) is 2.13. The molecule has 1 fully saturated rings. The summed E-state index contributed by atoms with van der Waals surface area (Å²) in [6.45, 7) is 4.54. The Morgan fingerprint density at radius 1 is 1.26 bits per heavy atom. The van der Waals surface area contributed by atoms with E-state index >= 15 is 0 Å². The number of aromatic nitrogens is 1. The summed E-state index contributed by atoms with van der Waals surface area (Å²) < 4.78 is 1.06. The molecular weight excluding hydrogens is 492 g/mol. The number of carbonyl (C=O) groups excluding carboxylic acids is 1. The second-order valence-corrected chi connectivity index (χ2v) is 10.5. The number of hydrogen-bond donors (Lipinski definition) is 2. The Labute approximate surface area is 200 Å². The molecule has 3 aromatic rings. The zero-order chi connectivity index (χ0) is 22.0. The highest BCUT2D eigenvalue weighted by Crippen LogP contribution is 2.42. The van der Waals surface area contributed by atoms with Gasteiger partial charge in [0.15, 0.2) is 5.11 Å². The molecule has 2 N–H and O–H groups in total. The van der Waals surface area contributed by atoms with E-state index in [9.17, 15) is 4.79 Å². The monoisotopic (exact) mass is 514 g/mol. The van der Waals surface area contributed by atoms with Crippen molar-refractivity contribution in [3.05, 3.63) is 80.2 Å². The fourth-order valence-electron chi connectivity index (χ4n) is 3.75. The Kier molecular flexibility index (Phi) is 6.69. The molecule has 0 unspecified atom stereocenters. The van der Waals surface area contributed by atoms with Crippen molar-refractivity contribution in [2.75, 3.05) is 11.9 Å². The Balaban J connectivity index is 1.52. The fraction of sp³-hybridized carbons (Fsp3) is 0.261. The summed E-state index contributed by atoms with van der Waals surface area (Å²) in [4.78, 5) is 20.5. The first-order chi connectivity index (χ1) is 14.9. The van der Waals surface area contributed by atoms with E-state index in [0.29, 0.717) is 18.1 Å². The van der Waals surface area contributed by atoms with Crippen LogP contribution in [0.3, 0.4) is 0 Å². The van der Waals surface area contributed by atoms with Gasteiger partial charge in [-0.2, -0.15) is 0 Å². The predicted molar refractivity (Wildman–Crippen MR) is 133 cm³/mol. The quantitative estimate of drug-likeness (QED) is 0.424. The molecule has 3 heterocycles. The third-order valence-electron chi connectivity index (χ3n) is 5.33. The van der Waals surface area contributed by atoms with Crippen molar-refractivity contribution in [3.8, 4) is 0 Å². The van der Waals surface area contributed by atoms with Crippen LogP contribution in [0.5, 0.6) is 0 Å². The molecule has 2 aromatic heterocycles. The number of thiocarbonyl (C=S) groups is 1. The van der Waals surface area contributed by atoms with E-state index in [0.717, 1.165) is 26.3 Å². The van der Waals surface area contributed by atoms with E-state index < -0.39 is 0 Å². The molecule has 0 radical (unpaired) electrons. The number of aryl methyl sites for hydroxylation is 2. The van der Waals surface area contributed by atoms with E-state index in [4.69, 9.17) is 12.2 Å². The standard InChI is InChI=1S/C23H23BrN4OS2/c1-14-6-7-15(2)17(13-14)26-20(29)10-12-28-22(18-8-9-19(24)31-18)21(27-23(28)30)16-5-3-4-11-25-16/h3-9,11,13,21-22H,10,12H2,1-2H3,(H,26,29)(H,27,30)/t21-,22+/m1/s1. The van der Waals surface area contributed by atoms with E-state index in [1.54, 1.807) is 17.5 Å². The molecule has 1 amide bonds. The molecular formula is C23H23BrN4OS2. The summed E-state index contributed by atoms with van der Waals surface area (Å²) in [6, 6.07) is 16.0. The Morgan fingerprint density at radius 2 is 2.10 bits per heavy atom. The lowest BCUT2D eigenvalue weighted by Crippen LogP contribution is -2.32. The summed E-state index contributed by atoms with van der Waals surface area (Å²) in [7, 11) is 0. The minimum absolute atomic E-state index is 0.0211. The second kappa shape index (κ2) is 9.46. The van der Waals surface area contributed by atoms with E-state index in [1.165, 1.54) is 4.88 Å². The molecule has 0 saturated carbocycles. The lowest BCUT2D eigenvalue weighted by molar-refractivity contribution is -0.116. The van der Waals surface area contributed by atoms with Crippen LogP contribution in [-0.2, 0) is 4.79 Å². The number of rotatable bonds is 6. The number of hydrogen-bond acceptors (Lipinski definition) is 4. The first kappa shape index (κ1) is 21.9. The molecule has 31 heavy (non-hydrogen) atoms. The summed E-state index contributed by atoms with van der Waals surface area (Å²) in [5.74, 6) is -0.0242. The van der Waals surface area contributed by atoms with Crippen LogP contribution in [-0.4, -0.2) is 27.4 Å². The highest BCUT2D eigenvalue weighted by molar-refractivity contribution is 9.11. The largest absolute Gasteiger partial charge is 0.352 e. The maximum atomic E-state index is 12.7. The van der Waals surface area contributed by atoms with E-state index in [1.807, 2.05) is 56.3 Å². The van der Waals surface area contributed by atoms with Crippen molar-refractivity contribution in [1.82, 2.24) is 15.2 Å². The molecule has 4 rings (SSSR count). The van der Waals surface area contributed by atoms with Crippen LogP contribution in [0.4, 0.5) is 5.69 Å². The highest BCUT2D eigenvalue weighted by Gasteiger charge is 2.40. The Bertz CT molecular complexity index is 1100. The number of pyridine rings is 1. The molecule has 0 bridgehead atoms. The summed E-state index contributed by atoms with van der Waals surface area (Å²) >= 11 is 10.9. The van der Waals surface area contributed by atoms with Crippen LogP contribution in [0.1, 0.15) is 40.2 Å². The van der Waals surface area contributed by atoms with Crippen LogP contribution in [0.15, 0.2) is 58.5 Å². The van der Waals surface area contributed by atoms with Gasteiger partial charge in [-0.3, -0.25) is 9.78 Å². The second-order valence-electron chi connectivity index (χ2n) is 7.58. The first-order valence-electron chi connectivity index (χ1n) is 10.0. The average molecular weight is 516 g/mol. The third kappa shape index (κ3) is 4.97. The van der Waals surface area contributed by atoms with Gasteiger partial charge < -0.3 is 15.5 Å². The van der Waals surface area contributed by atoms with Gasteiger partial charge in [0.2, 0.25) is 5.91 Å². The average Bonchev–Trinajstić information content (AvgIpc) is 3.32. The molecule has 1 saturated heterocycles. The molecule has 1 aromatic carbocycles. The molecule has 1 aliphatic rings. The maximum Gasteiger partial charge on any atom is 0.226 e. The van der Waals surface area contributed by atoms with Gasteiger partial charge in [0.25, 0.3) is 0 Å². The molecule has 8 heteroatoms. The number of anilines is 1. The van der Waals surface area contributed by atoms with E-state index in [-0.39, 0.29) is 18.0 Å². The zero-order valence-electron chi connectivity index (χ0n) is 17.3. The smallest absolute Gasteiger partial charge is 0.226 e. The van der Waals surface area contributed by atoms with Gasteiger partial charge >= 0.3 is 0 Å². The number of thiophene rings is 1. The number of nitrogens with one attached hydrogen (secondary N) is 2. The fourth-order valence-corrected chi connectivity index (χ4v) is 5.65. The summed E-state index contributed by atoms with van der Waals surface area (Å²) in [5, 5.41) is 7.11. The Morgan fingerprint density at radius 3 is 2.81 bits per heavy atom. The normalized spacial score (nSPS) is 18.2. The minimum atomic E-state index is -0.0682. The van der Waals surface area contributed by atoms with Crippen LogP contribution >= 0.6 is 39.5 Å². The van der Waals surface area contributed by atoms with Gasteiger partial charge in [-0.15, -0.1) is 11.3 Å². The highest BCUT2D eigenvalue weighted by atomic mass is 79.9. The number of carbonyl (C=O) groups is 1. The van der Waals surface area contributed by atoms with Crippen molar-refractivity contribution < 1.29 is 4.79 Å². The van der Waals surface area contributed by atoms with Crippen LogP contribution in [0.2, 0.25) is 0 Å². The SMILES string of the molecule is Cc1ccc(C)c(NC(=O)CCN2C(=S)N[C@H](c3ccccn3)[C@@H]2c2ccc(Br)s2)c1. The topological polar surface area (TPSA) is 57.3 Å². The number of amides is 1. The van der Waals surface area contributed by atoms with Crippen LogP contribution in [0, 0.1) is 13.8 Å². The van der Waals surface area contributed by atoms with Gasteiger partial charge in [0, 0.05) is 29.7 Å². The summed E-state index contributed by atoms with van der Waals surface area (Å²) in [5.41, 5.74) is 3.96. The zero-order valence-corrected chi connectivity index (χ0v) is 20.5.